The zero-order chi connectivity index (χ0) is 10.7. The Morgan fingerprint density at radius 1 is 1.27 bits per heavy atom. The third kappa shape index (κ3) is 3.15. The molecule has 1 fully saturated rings. The van der Waals surface area contributed by atoms with E-state index in [0.717, 1.165) is 26.2 Å². The lowest BCUT2D eigenvalue weighted by atomic mass is 10.1. The van der Waals surface area contributed by atoms with Crippen molar-refractivity contribution >= 4 is 29.2 Å². The molecule has 7 heteroatoms. The van der Waals surface area contributed by atoms with E-state index in [0.29, 0.717) is 11.9 Å². The van der Waals surface area contributed by atoms with E-state index in [1.165, 1.54) is 0 Å². The van der Waals surface area contributed by atoms with Gasteiger partial charge in [0.15, 0.2) is 0 Å². The molecule has 0 radical (unpaired) electrons. The van der Waals surface area contributed by atoms with Crippen LogP contribution in [-0.2, 0) is 4.74 Å². The first kappa shape index (κ1) is 10.9. The number of rotatable bonds is 3. The molecule has 1 aromatic heterocycles. The summed E-state index contributed by atoms with van der Waals surface area (Å²) in [6.07, 6.45) is 1.06. The van der Waals surface area contributed by atoms with Crippen molar-refractivity contribution in [2.24, 2.45) is 5.92 Å². The smallest absolute Gasteiger partial charge is 0.228 e. The van der Waals surface area contributed by atoms with Crippen LogP contribution in [0.1, 0.15) is 6.42 Å². The number of hydrogen-bond donors (Lipinski definition) is 1. The van der Waals surface area contributed by atoms with Crippen LogP contribution in [0.3, 0.4) is 0 Å². The second-order valence-corrected chi connectivity index (χ2v) is 3.98. The Bertz CT molecular complexity index is 323. The van der Waals surface area contributed by atoms with Gasteiger partial charge in [-0.1, -0.05) is 0 Å². The molecule has 1 atom stereocenters. The minimum absolute atomic E-state index is 0.0974. The van der Waals surface area contributed by atoms with Crippen molar-refractivity contribution in [3.8, 4) is 0 Å². The molecule has 15 heavy (non-hydrogen) atoms. The van der Waals surface area contributed by atoms with Crippen LogP contribution in [0.15, 0.2) is 0 Å². The highest BCUT2D eigenvalue weighted by Gasteiger charge is 2.15. The first-order chi connectivity index (χ1) is 7.24. The number of nitrogens with one attached hydrogen (secondary N) is 1. The summed E-state index contributed by atoms with van der Waals surface area (Å²) in [4.78, 5) is 11.5. The Morgan fingerprint density at radius 3 is 2.60 bits per heavy atom. The van der Waals surface area contributed by atoms with E-state index in [1.807, 2.05) is 0 Å². The second-order valence-electron chi connectivity index (χ2n) is 3.31. The molecule has 1 saturated heterocycles. The maximum Gasteiger partial charge on any atom is 0.228 e. The van der Waals surface area contributed by atoms with Crippen LogP contribution >= 0.6 is 23.2 Å². The van der Waals surface area contributed by atoms with E-state index in [9.17, 15) is 0 Å². The van der Waals surface area contributed by atoms with Crippen molar-refractivity contribution in [1.29, 1.82) is 0 Å². The lowest BCUT2D eigenvalue weighted by molar-refractivity contribution is 0.187. The van der Waals surface area contributed by atoms with E-state index in [2.05, 4.69) is 20.3 Å². The molecular weight excluding hydrogens is 239 g/mol. The number of aromatic nitrogens is 3. The van der Waals surface area contributed by atoms with Crippen molar-refractivity contribution in [2.75, 3.05) is 25.1 Å². The van der Waals surface area contributed by atoms with Gasteiger partial charge in [0.2, 0.25) is 16.5 Å². The van der Waals surface area contributed by atoms with Crippen LogP contribution in [0.5, 0.6) is 0 Å². The van der Waals surface area contributed by atoms with Gasteiger partial charge in [-0.3, -0.25) is 0 Å². The summed E-state index contributed by atoms with van der Waals surface area (Å²) in [6, 6.07) is 0. The number of anilines is 1. The summed E-state index contributed by atoms with van der Waals surface area (Å²) in [6.45, 7) is 2.36. The number of halogens is 2. The summed E-state index contributed by atoms with van der Waals surface area (Å²) in [5, 5.41) is 3.25. The van der Waals surface area contributed by atoms with E-state index in [1.54, 1.807) is 0 Å². The second kappa shape index (κ2) is 4.92. The molecule has 0 bridgehead atoms. The van der Waals surface area contributed by atoms with Gasteiger partial charge in [0, 0.05) is 19.1 Å². The van der Waals surface area contributed by atoms with Gasteiger partial charge in [-0.2, -0.15) is 15.0 Å². The first-order valence-corrected chi connectivity index (χ1v) is 5.38. The minimum Gasteiger partial charge on any atom is -0.381 e. The zero-order valence-corrected chi connectivity index (χ0v) is 9.42. The summed E-state index contributed by atoms with van der Waals surface area (Å²) in [5.41, 5.74) is 0. The highest BCUT2D eigenvalue weighted by atomic mass is 35.5. The van der Waals surface area contributed by atoms with Crippen molar-refractivity contribution in [2.45, 2.75) is 6.42 Å². The lowest BCUT2D eigenvalue weighted by Crippen LogP contribution is -2.16. The van der Waals surface area contributed by atoms with Crippen LogP contribution in [0.4, 0.5) is 5.95 Å². The largest absolute Gasteiger partial charge is 0.381 e. The minimum atomic E-state index is 0.0974. The van der Waals surface area contributed by atoms with Gasteiger partial charge < -0.3 is 10.1 Å². The molecule has 0 aliphatic carbocycles. The van der Waals surface area contributed by atoms with Crippen LogP contribution in [0, 0.1) is 5.92 Å². The fourth-order valence-electron chi connectivity index (χ4n) is 1.38. The number of nitrogens with zero attached hydrogens (tertiary/aromatic N) is 3. The average Bonchev–Trinajstić information content (AvgIpc) is 2.65. The zero-order valence-electron chi connectivity index (χ0n) is 7.91. The standard InChI is InChI=1S/C8H10Cl2N4O/c9-6-12-7(10)14-8(13-6)11-3-5-1-2-15-4-5/h5H,1-4H2,(H,11,12,13,14). The lowest BCUT2D eigenvalue weighted by Gasteiger charge is -2.08. The monoisotopic (exact) mass is 248 g/mol. The summed E-state index contributed by atoms with van der Waals surface area (Å²) >= 11 is 11.3. The van der Waals surface area contributed by atoms with Gasteiger partial charge in [0.1, 0.15) is 0 Å². The molecular formula is C8H10Cl2N4O. The Kier molecular flexibility index (Phi) is 3.56. The molecule has 0 aromatic carbocycles. The fourth-order valence-corrected chi connectivity index (χ4v) is 1.75. The van der Waals surface area contributed by atoms with E-state index in [-0.39, 0.29) is 10.6 Å². The maximum atomic E-state index is 5.63. The van der Waals surface area contributed by atoms with Gasteiger partial charge in [0.05, 0.1) is 6.61 Å². The number of ether oxygens (including phenoxy) is 1. The van der Waals surface area contributed by atoms with Gasteiger partial charge in [-0.05, 0) is 29.6 Å². The van der Waals surface area contributed by atoms with Crippen molar-refractivity contribution in [1.82, 2.24) is 15.0 Å². The predicted molar refractivity (Wildman–Crippen MR) is 57.3 cm³/mol. The Morgan fingerprint density at radius 2 is 2.00 bits per heavy atom. The average molecular weight is 249 g/mol. The summed E-state index contributed by atoms with van der Waals surface area (Å²) in [7, 11) is 0. The summed E-state index contributed by atoms with van der Waals surface area (Å²) in [5.74, 6) is 0.909. The van der Waals surface area contributed by atoms with E-state index in [4.69, 9.17) is 27.9 Å². The van der Waals surface area contributed by atoms with Crippen LogP contribution in [-0.4, -0.2) is 34.7 Å². The third-order valence-corrected chi connectivity index (χ3v) is 2.49. The highest BCUT2D eigenvalue weighted by molar-refractivity contribution is 6.31. The van der Waals surface area contributed by atoms with Gasteiger partial charge >= 0.3 is 0 Å². The molecule has 2 rings (SSSR count). The molecule has 5 nitrogen and oxygen atoms in total. The van der Waals surface area contributed by atoms with Crippen molar-refractivity contribution in [3.05, 3.63) is 10.6 Å². The molecule has 82 valence electrons. The van der Waals surface area contributed by atoms with Crippen molar-refractivity contribution < 1.29 is 4.74 Å². The quantitative estimate of drug-likeness (QED) is 0.882. The Hall–Kier alpha value is -0.650. The van der Waals surface area contributed by atoms with Gasteiger partial charge in [-0.25, -0.2) is 0 Å². The molecule has 1 N–H and O–H groups in total. The first-order valence-electron chi connectivity index (χ1n) is 4.63. The Labute approximate surface area is 97.2 Å². The van der Waals surface area contributed by atoms with Gasteiger partial charge in [0.25, 0.3) is 0 Å². The van der Waals surface area contributed by atoms with Crippen LogP contribution in [0.25, 0.3) is 0 Å². The van der Waals surface area contributed by atoms with E-state index < -0.39 is 0 Å². The predicted octanol–water partition coefficient (Wildman–Crippen LogP) is 1.63. The van der Waals surface area contributed by atoms with Crippen molar-refractivity contribution in [3.63, 3.8) is 0 Å². The molecule has 1 aromatic rings. The van der Waals surface area contributed by atoms with E-state index >= 15 is 0 Å². The SMILES string of the molecule is Clc1nc(Cl)nc(NCC2CCOC2)n1. The Balaban J connectivity index is 1.92. The molecule has 0 saturated carbocycles. The molecule has 2 heterocycles. The molecule has 0 amide bonds. The number of hydrogen-bond acceptors (Lipinski definition) is 5. The topological polar surface area (TPSA) is 59.9 Å². The fraction of sp³-hybridized carbons (Fsp3) is 0.625. The van der Waals surface area contributed by atoms with Crippen LogP contribution < -0.4 is 5.32 Å². The molecule has 1 aliphatic heterocycles. The molecule has 0 spiro atoms. The normalized spacial score (nSPS) is 20.5. The maximum absolute atomic E-state index is 5.63. The molecule has 1 unspecified atom stereocenters. The third-order valence-electron chi connectivity index (χ3n) is 2.15. The van der Waals surface area contributed by atoms with Gasteiger partial charge in [-0.15, -0.1) is 0 Å². The summed E-state index contributed by atoms with van der Waals surface area (Å²) < 4.78 is 5.25. The molecule has 1 aliphatic rings. The van der Waals surface area contributed by atoms with Crippen LogP contribution in [0.2, 0.25) is 10.6 Å². The highest BCUT2D eigenvalue weighted by Crippen LogP contribution is 2.14.